The van der Waals surface area contributed by atoms with Crippen LogP contribution in [0.3, 0.4) is 0 Å². The first-order chi connectivity index (χ1) is 16.9. The van der Waals surface area contributed by atoms with Crippen LogP contribution in [0.5, 0.6) is 5.75 Å². The summed E-state index contributed by atoms with van der Waals surface area (Å²) >= 11 is 1.33. The second kappa shape index (κ2) is 12.4. The van der Waals surface area contributed by atoms with Crippen molar-refractivity contribution < 1.29 is 14.3 Å². The Labute approximate surface area is 210 Å². The van der Waals surface area contributed by atoms with Gasteiger partial charge in [-0.1, -0.05) is 49.0 Å². The Morgan fingerprint density at radius 1 is 1.09 bits per heavy atom. The maximum atomic E-state index is 12.7. The Morgan fingerprint density at radius 3 is 2.49 bits per heavy atom. The topological polar surface area (TPSA) is 98.1 Å². The molecule has 0 aliphatic heterocycles. The Bertz CT molecular complexity index is 1160. The summed E-state index contributed by atoms with van der Waals surface area (Å²) in [5.74, 6) is 1.43. The van der Waals surface area contributed by atoms with Gasteiger partial charge < -0.3 is 19.9 Å². The molecule has 3 aromatic rings. The second-order valence-electron chi connectivity index (χ2n) is 8.20. The number of para-hydroxylation sites is 1. The van der Waals surface area contributed by atoms with E-state index < -0.39 is 0 Å². The summed E-state index contributed by atoms with van der Waals surface area (Å²) in [5.41, 5.74) is 3.93. The van der Waals surface area contributed by atoms with E-state index in [1.165, 1.54) is 11.8 Å². The summed E-state index contributed by atoms with van der Waals surface area (Å²) < 4.78 is 7.09. The van der Waals surface area contributed by atoms with Crippen molar-refractivity contribution in [1.82, 2.24) is 20.1 Å². The molecule has 0 aliphatic rings. The molecule has 0 aliphatic carbocycles. The zero-order valence-corrected chi connectivity index (χ0v) is 21.7. The number of carbonyl (C=O) groups excluding carboxylic acids is 2. The van der Waals surface area contributed by atoms with Crippen molar-refractivity contribution >= 4 is 29.3 Å². The minimum atomic E-state index is -0.324. The number of hydrogen-bond donors (Lipinski definition) is 2. The first-order valence-electron chi connectivity index (χ1n) is 11.7. The van der Waals surface area contributed by atoms with Crippen molar-refractivity contribution in [2.75, 3.05) is 18.2 Å². The first kappa shape index (κ1) is 26.3. The third kappa shape index (κ3) is 6.85. The molecule has 1 aromatic heterocycles. The summed E-state index contributed by atoms with van der Waals surface area (Å²) in [7, 11) is 1.61. The minimum Gasteiger partial charge on any atom is -0.497 e. The standard InChI is InChI=1S/C26H33N5O3S/c1-6-20-10-8-9-17(3)24(20)28-23(33)16-35-26-30-29-25(31(26)7-2)18(4)27-22(32)15-19-11-13-21(34-5)14-12-19/h8-14,18H,6-7,15-16H2,1-5H3,(H,27,32)(H,28,33)/t18-/m0/s1. The van der Waals surface area contributed by atoms with Crippen molar-refractivity contribution in [2.45, 2.75) is 58.3 Å². The normalized spacial score (nSPS) is 11.7. The first-order valence-corrected chi connectivity index (χ1v) is 12.7. The molecule has 0 bridgehead atoms. The zero-order valence-electron chi connectivity index (χ0n) is 20.9. The number of thioether (sulfide) groups is 1. The SMILES string of the molecule is CCc1cccc(C)c1NC(=O)CSc1nnc([C@H](C)NC(=O)Cc2ccc(OC)cc2)n1CC. The Kier molecular flexibility index (Phi) is 9.31. The molecule has 0 saturated carbocycles. The molecule has 2 aromatic carbocycles. The Hall–Kier alpha value is -3.33. The van der Waals surface area contributed by atoms with Crippen molar-refractivity contribution in [1.29, 1.82) is 0 Å². The van der Waals surface area contributed by atoms with Gasteiger partial charge in [-0.05, 0) is 56.0 Å². The summed E-state index contributed by atoms with van der Waals surface area (Å²) in [6.45, 7) is 8.56. The van der Waals surface area contributed by atoms with Crippen molar-refractivity contribution in [2.24, 2.45) is 0 Å². The summed E-state index contributed by atoms with van der Waals surface area (Å²) in [6.07, 6.45) is 1.11. The van der Waals surface area contributed by atoms with E-state index in [9.17, 15) is 9.59 Å². The van der Waals surface area contributed by atoms with Gasteiger partial charge in [0.05, 0.1) is 25.3 Å². The van der Waals surface area contributed by atoms with Gasteiger partial charge in [-0.3, -0.25) is 9.59 Å². The number of carbonyl (C=O) groups is 2. The lowest BCUT2D eigenvalue weighted by atomic mass is 10.1. The molecular weight excluding hydrogens is 462 g/mol. The van der Waals surface area contributed by atoms with Crippen LogP contribution in [-0.2, 0) is 29.0 Å². The van der Waals surface area contributed by atoms with Crippen molar-refractivity contribution in [3.8, 4) is 5.75 Å². The molecule has 8 nitrogen and oxygen atoms in total. The molecule has 1 atom stereocenters. The number of aromatic nitrogens is 3. The number of aryl methyl sites for hydroxylation is 2. The van der Waals surface area contributed by atoms with Crippen LogP contribution >= 0.6 is 11.8 Å². The van der Waals surface area contributed by atoms with E-state index in [2.05, 4.69) is 27.8 Å². The second-order valence-corrected chi connectivity index (χ2v) is 9.14. The van der Waals surface area contributed by atoms with Gasteiger partial charge in [-0.2, -0.15) is 0 Å². The van der Waals surface area contributed by atoms with Crippen LogP contribution in [0.4, 0.5) is 5.69 Å². The molecule has 0 spiro atoms. The van der Waals surface area contributed by atoms with E-state index in [1.54, 1.807) is 7.11 Å². The van der Waals surface area contributed by atoms with Crippen LogP contribution in [0.2, 0.25) is 0 Å². The monoisotopic (exact) mass is 495 g/mol. The van der Waals surface area contributed by atoms with Crippen LogP contribution in [0.25, 0.3) is 0 Å². The number of ether oxygens (including phenoxy) is 1. The van der Waals surface area contributed by atoms with Crippen molar-refractivity contribution in [3.05, 3.63) is 65.0 Å². The molecule has 2 N–H and O–H groups in total. The van der Waals surface area contributed by atoms with E-state index in [-0.39, 0.29) is 30.0 Å². The lowest BCUT2D eigenvalue weighted by Gasteiger charge is -2.15. The van der Waals surface area contributed by atoms with Crippen LogP contribution in [0.1, 0.15) is 49.3 Å². The zero-order chi connectivity index (χ0) is 25.4. The quantitative estimate of drug-likeness (QED) is 0.384. The highest BCUT2D eigenvalue weighted by Gasteiger charge is 2.20. The predicted octanol–water partition coefficient (Wildman–Crippen LogP) is 4.33. The smallest absolute Gasteiger partial charge is 0.234 e. The third-order valence-corrected chi connectivity index (χ3v) is 6.65. The van der Waals surface area contributed by atoms with Gasteiger partial charge in [-0.25, -0.2) is 0 Å². The van der Waals surface area contributed by atoms with E-state index >= 15 is 0 Å². The highest BCUT2D eigenvalue weighted by molar-refractivity contribution is 7.99. The number of nitrogens with one attached hydrogen (secondary N) is 2. The molecule has 2 amide bonds. The van der Waals surface area contributed by atoms with Gasteiger partial charge in [-0.15, -0.1) is 10.2 Å². The van der Waals surface area contributed by atoms with Crippen LogP contribution < -0.4 is 15.4 Å². The van der Waals surface area contributed by atoms with Crippen LogP contribution in [0, 0.1) is 6.92 Å². The third-order valence-electron chi connectivity index (χ3n) is 5.69. The summed E-state index contributed by atoms with van der Waals surface area (Å²) in [5, 5.41) is 15.3. The maximum absolute atomic E-state index is 12.7. The van der Waals surface area contributed by atoms with Gasteiger partial charge in [0, 0.05) is 12.2 Å². The van der Waals surface area contributed by atoms with Crippen molar-refractivity contribution in [3.63, 3.8) is 0 Å². The van der Waals surface area contributed by atoms with Gasteiger partial charge in [0.1, 0.15) is 5.75 Å². The molecule has 186 valence electrons. The molecule has 0 unspecified atom stereocenters. The number of methoxy groups -OCH3 is 1. The lowest BCUT2D eigenvalue weighted by molar-refractivity contribution is -0.121. The Balaban J connectivity index is 1.59. The minimum absolute atomic E-state index is 0.0907. The maximum Gasteiger partial charge on any atom is 0.234 e. The van der Waals surface area contributed by atoms with Gasteiger partial charge in [0.25, 0.3) is 0 Å². The molecule has 0 saturated heterocycles. The molecule has 35 heavy (non-hydrogen) atoms. The molecular formula is C26H33N5O3S. The fourth-order valence-corrected chi connectivity index (χ4v) is 4.63. The molecule has 0 radical (unpaired) electrons. The lowest BCUT2D eigenvalue weighted by Crippen LogP contribution is -2.30. The largest absolute Gasteiger partial charge is 0.497 e. The number of amides is 2. The number of benzene rings is 2. The highest BCUT2D eigenvalue weighted by Crippen LogP contribution is 2.24. The fraction of sp³-hybridized carbons (Fsp3) is 0.385. The summed E-state index contributed by atoms with van der Waals surface area (Å²) in [6, 6.07) is 13.1. The number of anilines is 1. The Morgan fingerprint density at radius 2 is 1.83 bits per heavy atom. The highest BCUT2D eigenvalue weighted by atomic mass is 32.2. The van der Waals surface area contributed by atoms with E-state index in [0.29, 0.717) is 17.5 Å². The van der Waals surface area contributed by atoms with Gasteiger partial charge >= 0.3 is 0 Å². The summed E-state index contributed by atoms with van der Waals surface area (Å²) in [4.78, 5) is 25.2. The molecule has 0 fully saturated rings. The van der Waals surface area contributed by atoms with E-state index in [1.807, 2.05) is 67.8 Å². The molecule has 3 rings (SSSR count). The number of rotatable bonds is 11. The van der Waals surface area contributed by atoms with Crippen LogP contribution in [-0.4, -0.2) is 39.4 Å². The molecule has 1 heterocycles. The molecule has 9 heteroatoms. The van der Waals surface area contributed by atoms with Gasteiger partial charge in [0.15, 0.2) is 11.0 Å². The van der Waals surface area contributed by atoms with Gasteiger partial charge in [0.2, 0.25) is 11.8 Å². The number of nitrogens with zero attached hydrogens (tertiary/aromatic N) is 3. The van der Waals surface area contributed by atoms with Crippen LogP contribution in [0.15, 0.2) is 47.6 Å². The predicted molar refractivity (Wildman–Crippen MR) is 139 cm³/mol. The fourth-order valence-electron chi connectivity index (χ4n) is 3.82. The van der Waals surface area contributed by atoms with E-state index in [0.717, 1.165) is 34.5 Å². The average molecular weight is 496 g/mol. The van der Waals surface area contributed by atoms with E-state index in [4.69, 9.17) is 4.74 Å². The number of hydrogen-bond acceptors (Lipinski definition) is 6. The average Bonchev–Trinajstić information content (AvgIpc) is 3.27.